The van der Waals surface area contributed by atoms with Crippen LogP contribution in [0.2, 0.25) is 0 Å². The zero-order valence-corrected chi connectivity index (χ0v) is 18.4. The van der Waals surface area contributed by atoms with E-state index in [0.29, 0.717) is 25.4 Å². The first kappa shape index (κ1) is 21.5. The quantitative estimate of drug-likeness (QED) is 0.695. The molecule has 2 fully saturated rings. The molecular formula is C23H31N5O3. The summed E-state index contributed by atoms with van der Waals surface area (Å²) in [5, 5.41) is 10.7. The summed E-state index contributed by atoms with van der Waals surface area (Å²) in [6.45, 7) is 6.98. The Morgan fingerprint density at radius 1 is 1.03 bits per heavy atom. The average molecular weight is 426 g/mol. The molecule has 1 atom stereocenters. The van der Waals surface area contributed by atoms with Crippen molar-refractivity contribution in [3.63, 3.8) is 0 Å². The second-order valence-corrected chi connectivity index (χ2v) is 8.40. The molecule has 1 aromatic heterocycles. The second kappa shape index (κ2) is 9.60. The fraction of sp³-hybridized carbons (Fsp3) is 0.565. The zero-order valence-electron chi connectivity index (χ0n) is 18.4. The van der Waals surface area contributed by atoms with Crippen LogP contribution < -0.4 is 4.90 Å². The highest BCUT2D eigenvalue weighted by Crippen LogP contribution is 2.28. The number of piperidine rings is 1. The molecule has 2 aliphatic heterocycles. The van der Waals surface area contributed by atoms with Gasteiger partial charge in [0.1, 0.15) is 0 Å². The number of esters is 1. The molecule has 4 rings (SSSR count). The molecule has 8 heteroatoms. The van der Waals surface area contributed by atoms with Crippen molar-refractivity contribution in [1.82, 2.24) is 20.0 Å². The van der Waals surface area contributed by atoms with Gasteiger partial charge in [0.15, 0.2) is 11.5 Å². The van der Waals surface area contributed by atoms with E-state index >= 15 is 0 Å². The van der Waals surface area contributed by atoms with Crippen LogP contribution in [-0.4, -0.2) is 84.8 Å². The van der Waals surface area contributed by atoms with Gasteiger partial charge in [0.25, 0.3) is 5.91 Å². The van der Waals surface area contributed by atoms with Crippen molar-refractivity contribution in [3.8, 4) is 0 Å². The van der Waals surface area contributed by atoms with Crippen LogP contribution in [0.1, 0.15) is 36.7 Å². The maximum atomic E-state index is 13.4. The molecule has 2 aliphatic rings. The molecule has 0 radical (unpaired) electrons. The van der Waals surface area contributed by atoms with Crippen LogP contribution in [-0.2, 0) is 9.53 Å². The van der Waals surface area contributed by atoms with E-state index in [1.165, 1.54) is 0 Å². The number of aromatic nitrogens is 2. The summed E-state index contributed by atoms with van der Waals surface area (Å²) in [7, 11) is 2.14. The molecule has 31 heavy (non-hydrogen) atoms. The van der Waals surface area contributed by atoms with Crippen LogP contribution in [0.3, 0.4) is 0 Å². The van der Waals surface area contributed by atoms with Gasteiger partial charge in [-0.3, -0.25) is 9.59 Å². The normalized spacial score (nSPS) is 20.5. The van der Waals surface area contributed by atoms with Gasteiger partial charge in [-0.25, -0.2) is 0 Å². The van der Waals surface area contributed by atoms with Crippen molar-refractivity contribution in [1.29, 1.82) is 0 Å². The first-order valence-electron chi connectivity index (χ1n) is 11.2. The van der Waals surface area contributed by atoms with E-state index in [0.717, 1.165) is 62.0 Å². The van der Waals surface area contributed by atoms with Gasteiger partial charge in [0, 0.05) is 43.5 Å². The molecule has 1 aromatic carbocycles. The molecule has 1 unspecified atom stereocenters. The van der Waals surface area contributed by atoms with Crippen LogP contribution in [0.25, 0.3) is 10.8 Å². The Balaban J connectivity index is 1.61. The number of hydrogen-bond acceptors (Lipinski definition) is 7. The largest absolute Gasteiger partial charge is 0.466 e. The Hall–Kier alpha value is -2.74. The minimum Gasteiger partial charge on any atom is -0.466 e. The first-order chi connectivity index (χ1) is 15.1. The molecule has 1 amide bonds. The lowest BCUT2D eigenvalue weighted by Crippen LogP contribution is -2.43. The van der Waals surface area contributed by atoms with Crippen molar-refractivity contribution < 1.29 is 14.3 Å². The monoisotopic (exact) mass is 425 g/mol. The summed E-state index contributed by atoms with van der Waals surface area (Å²) in [5.41, 5.74) is 0.357. The van der Waals surface area contributed by atoms with E-state index in [4.69, 9.17) is 4.74 Å². The summed E-state index contributed by atoms with van der Waals surface area (Å²) in [6, 6.07) is 7.86. The number of anilines is 1. The molecule has 0 spiro atoms. The number of fused-ring (bicyclic) bond motifs is 1. The molecule has 0 aliphatic carbocycles. The van der Waals surface area contributed by atoms with E-state index in [-0.39, 0.29) is 17.8 Å². The SMILES string of the molecule is CCOC(=O)C1CCCN(C(=O)c2nnc(N3CCCN(C)CC3)c3ccccc23)C1. The molecule has 3 heterocycles. The highest BCUT2D eigenvalue weighted by molar-refractivity contribution is 6.07. The minimum atomic E-state index is -0.273. The van der Waals surface area contributed by atoms with E-state index < -0.39 is 0 Å². The zero-order chi connectivity index (χ0) is 21.8. The summed E-state index contributed by atoms with van der Waals surface area (Å²) in [5.74, 6) is 0.174. The number of likely N-dealkylation sites (tertiary alicyclic amines) is 1. The van der Waals surface area contributed by atoms with Gasteiger partial charge in [-0.05, 0) is 39.8 Å². The lowest BCUT2D eigenvalue weighted by molar-refractivity contribution is -0.149. The number of amides is 1. The van der Waals surface area contributed by atoms with E-state index in [2.05, 4.69) is 27.0 Å². The maximum Gasteiger partial charge on any atom is 0.310 e. The molecule has 0 saturated carbocycles. The van der Waals surface area contributed by atoms with Gasteiger partial charge in [-0.2, -0.15) is 0 Å². The fourth-order valence-corrected chi connectivity index (χ4v) is 4.50. The number of nitrogens with zero attached hydrogens (tertiary/aromatic N) is 5. The molecule has 0 N–H and O–H groups in total. The van der Waals surface area contributed by atoms with Gasteiger partial charge >= 0.3 is 5.97 Å². The van der Waals surface area contributed by atoms with Crippen LogP contribution >= 0.6 is 0 Å². The van der Waals surface area contributed by atoms with Gasteiger partial charge in [-0.15, -0.1) is 10.2 Å². The predicted octanol–water partition coefficient (Wildman–Crippen LogP) is 2.19. The van der Waals surface area contributed by atoms with E-state index in [9.17, 15) is 9.59 Å². The molecule has 2 aromatic rings. The van der Waals surface area contributed by atoms with Gasteiger partial charge in [0.2, 0.25) is 0 Å². The molecule has 166 valence electrons. The molecular weight excluding hydrogens is 394 g/mol. The van der Waals surface area contributed by atoms with Crippen LogP contribution in [0.15, 0.2) is 24.3 Å². The van der Waals surface area contributed by atoms with E-state index in [1.54, 1.807) is 11.8 Å². The van der Waals surface area contributed by atoms with Gasteiger partial charge in [-0.1, -0.05) is 24.3 Å². The summed E-state index contributed by atoms with van der Waals surface area (Å²) >= 11 is 0. The smallest absolute Gasteiger partial charge is 0.310 e. The fourth-order valence-electron chi connectivity index (χ4n) is 4.50. The number of hydrogen-bond donors (Lipinski definition) is 0. The number of rotatable bonds is 4. The third-order valence-corrected chi connectivity index (χ3v) is 6.22. The van der Waals surface area contributed by atoms with Gasteiger partial charge < -0.3 is 19.4 Å². The number of ether oxygens (including phenoxy) is 1. The Kier molecular flexibility index (Phi) is 6.65. The van der Waals surface area contributed by atoms with Crippen molar-refractivity contribution in [3.05, 3.63) is 30.0 Å². The van der Waals surface area contributed by atoms with Crippen molar-refractivity contribution >= 4 is 28.5 Å². The molecule has 8 nitrogen and oxygen atoms in total. The lowest BCUT2D eigenvalue weighted by Gasteiger charge is -2.31. The third-order valence-electron chi connectivity index (χ3n) is 6.22. The Morgan fingerprint density at radius 3 is 2.65 bits per heavy atom. The topological polar surface area (TPSA) is 78.9 Å². The summed E-state index contributed by atoms with van der Waals surface area (Å²) in [4.78, 5) is 31.9. The number of carbonyl (C=O) groups excluding carboxylic acids is 2. The number of benzene rings is 1. The molecule has 2 saturated heterocycles. The highest BCUT2D eigenvalue weighted by Gasteiger charge is 2.31. The van der Waals surface area contributed by atoms with Gasteiger partial charge in [0.05, 0.1) is 12.5 Å². The Labute approximate surface area is 183 Å². The molecule has 0 bridgehead atoms. The summed E-state index contributed by atoms with van der Waals surface area (Å²) in [6.07, 6.45) is 2.59. The third kappa shape index (κ3) is 4.63. The predicted molar refractivity (Wildman–Crippen MR) is 119 cm³/mol. The number of carbonyl (C=O) groups is 2. The number of likely N-dealkylation sites (N-methyl/N-ethyl adjacent to an activating group) is 1. The Bertz CT molecular complexity index is 950. The Morgan fingerprint density at radius 2 is 1.84 bits per heavy atom. The van der Waals surface area contributed by atoms with E-state index in [1.807, 2.05) is 24.3 Å². The van der Waals surface area contributed by atoms with Crippen LogP contribution in [0.4, 0.5) is 5.82 Å². The van der Waals surface area contributed by atoms with Crippen molar-refractivity contribution in [2.75, 3.05) is 57.8 Å². The van der Waals surface area contributed by atoms with Crippen LogP contribution in [0.5, 0.6) is 0 Å². The van der Waals surface area contributed by atoms with Crippen molar-refractivity contribution in [2.24, 2.45) is 5.92 Å². The average Bonchev–Trinajstić information content (AvgIpc) is 3.02. The standard InChI is InChI=1S/C23H31N5O3/c1-3-31-23(30)17-8-6-12-28(16-17)22(29)20-18-9-4-5-10-19(18)21(25-24-20)27-13-7-11-26(2)14-15-27/h4-5,9-10,17H,3,6-8,11-16H2,1-2H3. The first-order valence-corrected chi connectivity index (χ1v) is 11.2. The highest BCUT2D eigenvalue weighted by atomic mass is 16.5. The van der Waals surface area contributed by atoms with Crippen LogP contribution in [0, 0.1) is 5.92 Å². The second-order valence-electron chi connectivity index (χ2n) is 8.40. The minimum absolute atomic E-state index is 0.167. The lowest BCUT2D eigenvalue weighted by atomic mass is 9.97. The summed E-state index contributed by atoms with van der Waals surface area (Å²) < 4.78 is 5.17. The van der Waals surface area contributed by atoms with Crippen molar-refractivity contribution in [2.45, 2.75) is 26.2 Å². The maximum absolute atomic E-state index is 13.4.